The fraction of sp³-hybridized carbons (Fsp3) is 0.600. The highest BCUT2D eigenvalue weighted by atomic mass is 79.9. The summed E-state index contributed by atoms with van der Waals surface area (Å²) in [6.45, 7) is 7.18. The molecule has 4 heteroatoms. The number of anilines is 1. The van der Waals surface area contributed by atoms with Gasteiger partial charge >= 0.3 is 0 Å². The molecule has 3 nitrogen and oxygen atoms in total. The SMILES string of the molecule is CCC(CC)N(CCO)c1ccc([C@@H](C)N)c(Br)c1. The van der Waals surface area contributed by atoms with E-state index in [9.17, 15) is 5.11 Å². The van der Waals surface area contributed by atoms with E-state index in [1.165, 1.54) is 0 Å². The first kappa shape index (κ1) is 16.5. The molecule has 19 heavy (non-hydrogen) atoms. The second-order valence-electron chi connectivity index (χ2n) is 4.88. The molecule has 1 aromatic rings. The highest BCUT2D eigenvalue weighted by molar-refractivity contribution is 9.10. The van der Waals surface area contributed by atoms with Crippen LogP contribution in [0.15, 0.2) is 22.7 Å². The van der Waals surface area contributed by atoms with Gasteiger partial charge in [-0.3, -0.25) is 0 Å². The molecule has 0 heterocycles. The van der Waals surface area contributed by atoms with E-state index in [1.54, 1.807) is 0 Å². The van der Waals surface area contributed by atoms with Gasteiger partial charge in [0.25, 0.3) is 0 Å². The van der Waals surface area contributed by atoms with Crippen LogP contribution in [0.25, 0.3) is 0 Å². The van der Waals surface area contributed by atoms with E-state index in [-0.39, 0.29) is 12.6 Å². The third-order valence-corrected chi connectivity index (χ3v) is 4.22. The van der Waals surface area contributed by atoms with Gasteiger partial charge in [0.15, 0.2) is 0 Å². The highest BCUT2D eigenvalue weighted by Crippen LogP contribution is 2.29. The summed E-state index contributed by atoms with van der Waals surface area (Å²) < 4.78 is 1.04. The number of hydrogen-bond acceptors (Lipinski definition) is 3. The van der Waals surface area contributed by atoms with Crippen molar-refractivity contribution in [3.63, 3.8) is 0 Å². The van der Waals surface area contributed by atoms with Gasteiger partial charge in [0, 0.05) is 28.8 Å². The molecule has 0 bridgehead atoms. The zero-order chi connectivity index (χ0) is 14.4. The van der Waals surface area contributed by atoms with E-state index in [1.807, 2.05) is 6.92 Å². The Morgan fingerprint density at radius 1 is 1.32 bits per heavy atom. The van der Waals surface area contributed by atoms with E-state index < -0.39 is 0 Å². The standard InChI is InChI=1S/C15H25BrN2O/c1-4-12(5-2)18(8-9-19)13-6-7-14(11(3)17)15(16)10-13/h6-7,10-12,19H,4-5,8-9,17H2,1-3H3/t11-/m1/s1. The number of aliphatic hydroxyl groups excluding tert-OH is 1. The van der Waals surface area contributed by atoms with Crippen LogP contribution in [0, 0.1) is 0 Å². The maximum Gasteiger partial charge on any atom is 0.0606 e. The van der Waals surface area contributed by atoms with Gasteiger partial charge < -0.3 is 15.7 Å². The highest BCUT2D eigenvalue weighted by Gasteiger charge is 2.16. The summed E-state index contributed by atoms with van der Waals surface area (Å²) in [5.41, 5.74) is 8.17. The molecule has 0 aliphatic carbocycles. The largest absolute Gasteiger partial charge is 0.395 e. The average molecular weight is 329 g/mol. The molecule has 0 fully saturated rings. The van der Waals surface area contributed by atoms with Gasteiger partial charge in [-0.1, -0.05) is 35.8 Å². The minimum Gasteiger partial charge on any atom is -0.395 e. The lowest BCUT2D eigenvalue weighted by Gasteiger charge is -2.32. The molecule has 1 rings (SSSR count). The summed E-state index contributed by atoms with van der Waals surface area (Å²) in [6, 6.07) is 6.74. The van der Waals surface area contributed by atoms with Crippen LogP contribution in [0.2, 0.25) is 0 Å². The van der Waals surface area contributed by atoms with Crippen molar-refractivity contribution >= 4 is 21.6 Å². The number of benzene rings is 1. The molecule has 0 saturated carbocycles. The Labute approximate surface area is 124 Å². The molecule has 0 aliphatic heterocycles. The summed E-state index contributed by atoms with van der Waals surface area (Å²) in [7, 11) is 0. The first-order valence-electron chi connectivity index (χ1n) is 6.97. The first-order chi connectivity index (χ1) is 9.04. The molecule has 0 aromatic heterocycles. The second-order valence-corrected chi connectivity index (χ2v) is 5.74. The predicted octanol–water partition coefficient (Wildman–Crippen LogP) is 3.46. The number of nitrogens with zero attached hydrogens (tertiary/aromatic N) is 1. The Hall–Kier alpha value is -0.580. The molecule has 0 saturated heterocycles. The van der Waals surface area contributed by atoms with E-state index in [4.69, 9.17) is 5.73 Å². The molecule has 0 unspecified atom stereocenters. The Morgan fingerprint density at radius 3 is 2.37 bits per heavy atom. The summed E-state index contributed by atoms with van der Waals surface area (Å²) >= 11 is 3.59. The van der Waals surface area contributed by atoms with Crippen molar-refractivity contribution in [1.29, 1.82) is 0 Å². The van der Waals surface area contributed by atoms with E-state index in [0.717, 1.165) is 28.6 Å². The van der Waals surface area contributed by atoms with Gasteiger partial charge in [-0.2, -0.15) is 0 Å². The maximum absolute atomic E-state index is 9.28. The molecule has 0 spiro atoms. The lowest BCUT2D eigenvalue weighted by atomic mass is 10.1. The van der Waals surface area contributed by atoms with Crippen LogP contribution in [0.5, 0.6) is 0 Å². The van der Waals surface area contributed by atoms with Crippen LogP contribution >= 0.6 is 15.9 Å². The van der Waals surface area contributed by atoms with Crippen molar-refractivity contribution in [2.45, 2.75) is 45.7 Å². The molecule has 1 aromatic carbocycles. The summed E-state index contributed by atoms with van der Waals surface area (Å²) in [5.74, 6) is 0. The molecule has 0 aliphatic rings. The fourth-order valence-corrected chi connectivity index (χ4v) is 3.15. The molecular formula is C15H25BrN2O. The smallest absolute Gasteiger partial charge is 0.0606 e. The van der Waals surface area contributed by atoms with Crippen LogP contribution < -0.4 is 10.6 Å². The van der Waals surface area contributed by atoms with Crippen LogP contribution in [0.3, 0.4) is 0 Å². The van der Waals surface area contributed by atoms with Crippen LogP contribution in [0.1, 0.15) is 45.2 Å². The maximum atomic E-state index is 9.28. The van der Waals surface area contributed by atoms with Crippen molar-refractivity contribution in [3.05, 3.63) is 28.2 Å². The summed E-state index contributed by atoms with van der Waals surface area (Å²) in [6.07, 6.45) is 2.15. The Kier molecular flexibility index (Phi) is 6.83. The third-order valence-electron chi connectivity index (χ3n) is 3.53. The quantitative estimate of drug-likeness (QED) is 0.805. The zero-order valence-corrected chi connectivity index (χ0v) is 13.7. The number of rotatable bonds is 7. The zero-order valence-electron chi connectivity index (χ0n) is 12.1. The average Bonchev–Trinajstić information content (AvgIpc) is 2.38. The van der Waals surface area contributed by atoms with E-state index in [0.29, 0.717) is 12.6 Å². The molecule has 108 valence electrons. The van der Waals surface area contributed by atoms with Crippen LogP contribution in [-0.4, -0.2) is 24.3 Å². The molecular weight excluding hydrogens is 304 g/mol. The molecule has 3 N–H and O–H groups in total. The molecule has 1 atom stereocenters. The van der Waals surface area contributed by atoms with Gasteiger partial charge in [0.1, 0.15) is 0 Å². The van der Waals surface area contributed by atoms with E-state index in [2.05, 4.69) is 52.9 Å². The topological polar surface area (TPSA) is 49.5 Å². The third kappa shape index (κ3) is 4.20. The minimum absolute atomic E-state index is 0.0165. The number of hydrogen-bond donors (Lipinski definition) is 2. The van der Waals surface area contributed by atoms with Crippen molar-refractivity contribution in [2.75, 3.05) is 18.1 Å². The summed E-state index contributed by atoms with van der Waals surface area (Å²) in [4.78, 5) is 2.27. The van der Waals surface area contributed by atoms with Crippen molar-refractivity contribution in [2.24, 2.45) is 5.73 Å². The second kappa shape index (κ2) is 7.88. The summed E-state index contributed by atoms with van der Waals surface area (Å²) in [5, 5.41) is 9.28. The van der Waals surface area contributed by atoms with Crippen LogP contribution in [0.4, 0.5) is 5.69 Å². The Morgan fingerprint density at radius 2 is 1.95 bits per heavy atom. The monoisotopic (exact) mass is 328 g/mol. The van der Waals surface area contributed by atoms with Gasteiger partial charge in [-0.25, -0.2) is 0 Å². The van der Waals surface area contributed by atoms with Crippen molar-refractivity contribution in [3.8, 4) is 0 Å². The molecule has 0 radical (unpaired) electrons. The predicted molar refractivity (Wildman–Crippen MR) is 85.5 cm³/mol. The molecule has 0 amide bonds. The van der Waals surface area contributed by atoms with Gasteiger partial charge in [0.05, 0.1) is 6.61 Å². The normalized spacial score (nSPS) is 12.8. The lowest BCUT2D eigenvalue weighted by Crippen LogP contribution is -2.36. The van der Waals surface area contributed by atoms with Crippen molar-refractivity contribution < 1.29 is 5.11 Å². The fourth-order valence-electron chi connectivity index (χ4n) is 2.42. The minimum atomic E-state index is 0.0165. The van der Waals surface area contributed by atoms with Crippen molar-refractivity contribution in [1.82, 2.24) is 0 Å². The van der Waals surface area contributed by atoms with Gasteiger partial charge in [-0.05, 0) is 37.5 Å². The number of halogens is 1. The van der Waals surface area contributed by atoms with E-state index >= 15 is 0 Å². The first-order valence-corrected chi connectivity index (χ1v) is 7.76. The van der Waals surface area contributed by atoms with Gasteiger partial charge in [0.2, 0.25) is 0 Å². The Balaban J connectivity index is 3.06. The van der Waals surface area contributed by atoms with Crippen LogP contribution in [-0.2, 0) is 0 Å². The van der Waals surface area contributed by atoms with Gasteiger partial charge in [-0.15, -0.1) is 0 Å². The Bertz CT molecular complexity index is 392. The lowest BCUT2D eigenvalue weighted by molar-refractivity contribution is 0.296. The number of aliphatic hydroxyl groups is 1. The number of nitrogens with two attached hydrogens (primary N) is 1.